The first-order valence-electron chi connectivity index (χ1n) is 4.98. The quantitative estimate of drug-likeness (QED) is 0.649. The molecule has 0 aromatic rings. The summed E-state index contributed by atoms with van der Waals surface area (Å²) >= 11 is 0. The van der Waals surface area contributed by atoms with Crippen molar-refractivity contribution in [1.29, 1.82) is 0 Å². The van der Waals surface area contributed by atoms with Crippen LogP contribution in [0, 0.1) is 5.92 Å². The smallest absolute Gasteiger partial charge is 0.0719 e. The summed E-state index contributed by atoms with van der Waals surface area (Å²) < 4.78 is 5.68. The van der Waals surface area contributed by atoms with Crippen molar-refractivity contribution in [2.45, 2.75) is 57.3 Å². The summed E-state index contributed by atoms with van der Waals surface area (Å²) in [5.74, 6) is 0.365. The van der Waals surface area contributed by atoms with Gasteiger partial charge in [0.05, 0.1) is 17.8 Å². The Hall–Kier alpha value is -0.0800. The summed E-state index contributed by atoms with van der Waals surface area (Å²) in [5.41, 5.74) is -0.440. The summed E-state index contributed by atoms with van der Waals surface area (Å²) in [6.07, 6.45) is 4.69. The minimum atomic E-state index is -0.440. The number of rotatable bonds is 1. The molecule has 2 aliphatic rings. The van der Waals surface area contributed by atoms with Crippen LogP contribution in [-0.2, 0) is 4.74 Å². The van der Waals surface area contributed by atoms with Gasteiger partial charge in [-0.15, -0.1) is 0 Å². The third kappa shape index (κ3) is 1.27. The Balaban J connectivity index is 2.10. The van der Waals surface area contributed by atoms with Crippen LogP contribution in [0.3, 0.4) is 0 Å². The average molecular weight is 170 g/mol. The van der Waals surface area contributed by atoms with Gasteiger partial charge in [0, 0.05) is 12.8 Å². The van der Waals surface area contributed by atoms with Crippen molar-refractivity contribution in [3.05, 3.63) is 0 Å². The highest BCUT2D eigenvalue weighted by molar-refractivity contribution is 4.95. The number of hydrogen-bond donors (Lipinski definition) is 1. The Kier molecular flexibility index (Phi) is 1.92. The standard InChI is InChI=1S/C10H18O2/c1-7(2)10(11)5-8-3-4-9(6-10)12-8/h7-9,11H,3-6H2,1-2H3/t8-,9-/m1/s1. The predicted molar refractivity (Wildman–Crippen MR) is 46.9 cm³/mol. The van der Waals surface area contributed by atoms with Gasteiger partial charge in [-0.3, -0.25) is 0 Å². The molecule has 2 fully saturated rings. The predicted octanol–water partition coefficient (Wildman–Crippen LogP) is 1.71. The van der Waals surface area contributed by atoms with E-state index in [1.165, 1.54) is 0 Å². The molecule has 0 saturated carbocycles. The first kappa shape index (κ1) is 8.52. The van der Waals surface area contributed by atoms with Crippen molar-refractivity contribution in [3.8, 4) is 0 Å². The molecule has 2 bridgehead atoms. The third-order valence-corrected chi connectivity index (χ3v) is 3.43. The fraction of sp³-hybridized carbons (Fsp3) is 1.00. The summed E-state index contributed by atoms with van der Waals surface area (Å²) in [7, 11) is 0. The highest BCUT2D eigenvalue weighted by atomic mass is 16.5. The minimum absolute atomic E-state index is 0.344. The highest BCUT2D eigenvalue weighted by Crippen LogP contribution is 2.41. The van der Waals surface area contributed by atoms with Crippen LogP contribution in [0.2, 0.25) is 0 Å². The molecule has 2 saturated heterocycles. The van der Waals surface area contributed by atoms with Crippen molar-refractivity contribution in [1.82, 2.24) is 0 Å². The molecule has 2 aliphatic heterocycles. The normalized spacial score (nSPS) is 47.0. The largest absolute Gasteiger partial charge is 0.389 e. The molecule has 70 valence electrons. The van der Waals surface area contributed by atoms with E-state index in [1.807, 2.05) is 0 Å². The van der Waals surface area contributed by atoms with Crippen LogP contribution >= 0.6 is 0 Å². The van der Waals surface area contributed by atoms with Crippen LogP contribution in [0.5, 0.6) is 0 Å². The Labute approximate surface area is 73.9 Å². The van der Waals surface area contributed by atoms with Crippen LogP contribution < -0.4 is 0 Å². The number of aliphatic hydroxyl groups is 1. The lowest BCUT2D eigenvalue weighted by Gasteiger charge is -2.39. The van der Waals surface area contributed by atoms with Crippen LogP contribution in [0.1, 0.15) is 39.5 Å². The van der Waals surface area contributed by atoms with Gasteiger partial charge >= 0.3 is 0 Å². The first-order valence-corrected chi connectivity index (χ1v) is 4.98. The van der Waals surface area contributed by atoms with Crippen molar-refractivity contribution >= 4 is 0 Å². The molecule has 1 N–H and O–H groups in total. The van der Waals surface area contributed by atoms with Gasteiger partial charge in [0.25, 0.3) is 0 Å². The van der Waals surface area contributed by atoms with Crippen LogP contribution in [-0.4, -0.2) is 22.9 Å². The zero-order valence-electron chi connectivity index (χ0n) is 7.92. The van der Waals surface area contributed by atoms with Gasteiger partial charge in [-0.25, -0.2) is 0 Å². The van der Waals surface area contributed by atoms with E-state index in [4.69, 9.17) is 4.74 Å². The second-order valence-electron chi connectivity index (χ2n) is 4.62. The van der Waals surface area contributed by atoms with Crippen molar-refractivity contribution in [2.24, 2.45) is 5.92 Å². The summed E-state index contributed by atoms with van der Waals surface area (Å²) in [6, 6.07) is 0. The van der Waals surface area contributed by atoms with Gasteiger partial charge in [-0.1, -0.05) is 13.8 Å². The van der Waals surface area contributed by atoms with Crippen molar-refractivity contribution < 1.29 is 9.84 Å². The summed E-state index contributed by atoms with van der Waals surface area (Å²) in [4.78, 5) is 0. The van der Waals surface area contributed by atoms with Crippen molar-refractivity contribution in [3.63, 3.8) is 0 Å². The lowest BCUT2D eigenvalue weighted by molar-refractivity contribution is -0.132. The summed E-state index contributed by atoms with van der Waals surface area (Å²) in [6.45, 7) is 4.20. The zero-order valence-corrected chi connectivity index (χ0v) is 7.92. The monoisotopic (exact) mass is 170 g/mol. The number of fused-ring (bicyclic) bond motifs is 2. The Morgan fingerprint density at radius 2 is 1.75 bits per heavy atom. The highest BCUT2D eigenvalue weighted by Gasteiger charge is 2.45. The number of ether oxygens (including phenoxy) is 1. The van der Waals surface area contributed by atoms with E-state index in [0.29, 0.717) is 18.1 Å². The van der Waals surface area contributed by atoms with Gasteiger partial charge in [-0.05, 0) is 18.8 Å². The minimum Gasteiger partial charge on any atom is -0.389 e. The zero-order chi connectivity index (χ0) is 8.77. The lowest BCUT2D eigenvalue weighted by Crippen LogP contribution is -2.44. The molecule has 0 spiro atoms. The van der Waals surface area contributed by atoms with E-state index in [1.54, 1.807) is 0 Å². The van der Waals surface area contributed by atoms with E-state index < -0.39 is 5.60 Å². The average Bonchev–Trinajstić information content (AvgIpc) is 2.30. The van der Waals surface area contributed by atoms with Crippen LogP contribution in [0.25, 0.3) is 0 Å². The molecule has 0 radical (unpaired) electrons. The fourth-order valence-corrected chi connectivity index (χ4v) is 2.42. The molecule has 2 heterocycles. The van der Waals surface area contributed by atoms with Gasteiger partial charge in [0.2, 0.25) is 0 Å². The van der Waals surface area contributed by atoms with Gasteiger partial charge in [0.1, 0.15) is 0 Å². The first-order chi connectivity index (χ1) is 5.60. The second kappa shape index (κ2) is 2.71. The van der Waals surface area contributed by atoms with Gasteiger partial charge in [-0.2, -0.15) is 0 Å². The van der Waals surface area contributed by atoms with E-state index in [9.17, 15) is 5.11 Å². The molecule has 0 aromatic heterocycles. The molecule has 2 rings (SSSR count). The number of hydrogen-bond acceptors (Lipinski definition) is 2. The summed E-state index contributed by atoms with van der Waals surface area (Å²) in [5, 5.41) is 10.2. The molecule has 0 amide bonds. The molecule has 2 heteroatoms. The van der Waals surface area contributed by atoms with E-state index in [-0.39, 0.29) is 0 Å². The van der Waals surface area contributed by atoms with Crippen LogP contribution in [0.15, 0.2) is 0 Å². The van der Waals surface area contributed by atoms with E-state index in [2.05, 4.69) is 13.8 Å². The SMILES string of the molecule is CC(C)C1(O)C[C@H]2CC[C@H](C1)O2. The topological polar surface area (TPSA) is 29.5 Å². The molecular formula is C10H18O2. The van der Waals surface area contributed by atoms with E-state index >= 15 is 0 Å². The molecule has 2 nitrogen and oxygen atoms in total. The molecule has 0 aromatic carbocycles. The molecule has 12 heavy (non-hydrogen) atoms. The Morgan fingerprint density at radius 1 is 1.25 bits per heavy atom. The van der Waals surface area contributed by atoms with E-state index in [0.717, 1.165) is 25.7 Å². The Morgan fingerprint density at radius 3 is 2.17 bits per heavy atom. The fourth-order valence-electron chi connectivity index (χ4n) is 2.42. The molecule has 2 atom stereocenters. The van der Waals surface area contributed by atoms with Crippen LogP contribution in [0.4, 0.5) is 0 Å². The molecule has 0 unspecified atom stereocenters. The molecular weight excluding hydrogens is 152 g/mol. The van der Waals surface area contributed by atoms with Gasteiger partial charge < -0.3 is 9.84 Å². The van der Waals surface area contributed by atoms with Crippen molar-refractivity contribution in [2.75, 3.05) is 0 Å². The maximum atomic E-state index is 10.2. The molecule has 0 aliphatic carbocycles. The lowest BCUT2D eigenvalue weighted by atomic mass is 9.81. The second-order valence-corrected chi connectivity index (χ2v) is 4.62. The maximum Gasteiger partial charge on any atom is 0.0719 e. The Bertz CT molecular complexity index is 165. The van der Waals surface area contributed by atoms with Gasteiger partial charge in [0.15, 0.2) is 0 Å². The maximum absolute atomic E-state index is 10.2. The third-order valence-electron chi connectivity index (χ3n) is 3.43.